The Morgan fingerprint density at radius 2 is 1.46 bits per heavy atom. The summed E-state index contributed by atoms with van der Waals surface area (Å²) in [7, 11) is 0. The predicted molar refractivity (Wildman–Crippen MR) is 102 cm³/mol. The summed E-state index contributed by atoms with van der Waals surface area (Å²) in [6, 6.07) is 12.0. The summed E-state index contributed by atoms with van der Waals surface area (Å²) < 4.78 is 43.4. The maximum Gasteiger partial charge on any atom is 0.416 e. The van der Waals surface area contributed by atoms with Crippen LogP contribution in [0.3, 0.4) is 0 Å². The Bertz CT molecular complexity index is 781. The van der Waals surface area contributed by atoms with Crippen molar-refractivity contribution in [2.75, 3.05) is 0 Å². The predicted octanol–water partition coefficient (Wildman–Crippen LogP) is 5.02. The number of nitrogens with one attached hydrogen (secondary N) is 2. The van der Waals surface area contributed by atoms with E-state index in [1.165, 1.54) is 12.1 Å². The molecule has 2 N–H and O–H groups in total. The summed E-state index contributed by atoms with van der Waals surface area (Å²) in [6.07, 6.45) is -4.37. The molecule has 0 heterocycles. The second-order valence-electron chi connectivity index (χ2n) is 7.45. The number of carbonyl (C=O) groups is 1. The van der Waals surface area contributed by atoms with Crippen LogP contribution in [-0.2, 0) is 30.6 Å². The van der Waals surface area contributed by atoms with Crippen LogP contribution in [0, 0.1) is 0 Å². The molecular formula is C21H25F3N2O2. The van der Waals surface area contributed by atoms with E-state index in [1.807, 2.05) is 45.0 Å². The summed E-state index contributed by atoms with van der Waals surface area (Å²) in [5.74, 6) is 0. The van der Waals surface area contributed by atoms with E-state index in [-0.39, 0.29) is 12.1 Å². The van der Waals surface area contributed by atoms with E-state index >= 15 is 0 Å². The number of hydrogen-bond donors (Lipinski definition) is 2. The minimum atomic E-state index is -4.37. The van der Waals surface area contributed by atoms with E-state index in [9.17, 15) is 18.0 Å². The number of hydrogen-bond acceptors (Lipinski definition) is 2. The van der Waals surface area contributed by atoms with Crippen molar-refractivity contribution in [3.05, 3.63) is 70.8 Å². The minimum absolute atomic E-state index is 0.142. The highest BCUT2D eigenvalue weighted by molar-refractivity contribution is 5.73. The van der Waals surface area contributed by atoms with Crippen molar-refractivity contribution in [1.82, 2.24) is 10.6 Å². The number of urea groups is 1. The Labute approximate surface area is 163 Å². The van der Waals surface area contributed by atoms with Crippen LogP contribution >= 0.6 is 0 Å². The lowest BCUT2D eigenvalue weighted by Crippen LogP contribution is -2.34. The van der Waals surface area contributed by atoms with Gasteiger partial charge in [-0.1, -0.05) is 36.4 Å². The fourth-order valence-corrected chi connectivity index (χ4v) is 2.37. The zero-order valence-corrected chi connectivity index (χ0v) is 16.2. The monoisotopic (exact) mass is 394 g/mol. The van der Waals surface area contributed by atoms with Crippen molar-refractivity contribution < 1.29 is 22.7 Å². The van der Waals surface area contributed by atoms with Crippen LogP contribution in [0.25, 0.3) is 0 Å². The van der Waals surface area contributed by atoms with Gasteiger partial charge in [0.25, 0.3) is 0 Å². The Hall–Kier alpha value is -2.54. The minimum Gasteiger partial charge on any atom is -0.371 e. The molecule has 4 nitrogen and oxygen atoms in total. The number of ether oxygens (including phenoxy) is 1. The molecule has 28 heavy (non-hydrogen) atoms. The molecule has 0 saturated heterocycles. The van der Waals surface area contributed by atoms with Crippen molar-refractivity contribution in [1.29, 1.82) is 0 Å². The zero-order chi connectivity index (χ0) is 20.8. The Kier molecular flexibility index (Phi) is 7.07. The van der Waals surface area contributed by atoms with E-state index in [2.05, 4.69) is 10.6 Å². The maximum atomic E-state index is 12.5. The molecule has 2 aromatic rings. The molecule has 0 unspecified atom stereocenters. The topological polar surface area (TPSA) is 50.4 Å². The molecule has 0 atom stereocenters. The second-order valence-corrected chi connectivity index (χ2v) is 7.45. The molecule has 0 fully saturated rings. The quantitative estimate of drug-likeness (QED) is 0.723. The third-order valence-corrected chi connectivity index (χ3v) is 3.85. The standard InChI is InChI=1S/C21H25F3N2O2/c1-20(2,3)28-14-17-6-4-5-16(11-17)13-26-19(27)25-12-15-7-9-18(10-8-15)21(22,23)24/h4-11H,12-14H2,1-3H3,(H2,25,26,27). The van der Waals surface area contributed by atoms with Crippen LogP contribution in [0.1, 0.15) is 43.0 Å². The highest BCUT2D eigenvalue weighted by Crippen LogP contribution is 2.29. The van der Waals surface area contributed by atoms with Crippen LogP contribution in [0.5, 0.6) is 0 Å². The first-order chi connectivity index (χ1) is 13.0. The Morgan fingerprint density at radius 1 is 0.893 bits per heavy atom. The zero-order valence-electron chi connectivity index (χ0n) is 16.2. The van der Waals surface area contributed by atoms with Gasteiger partial charge in [0.15, 0.2) is 0 Å². The van der Waals surface area contributed by atoms with Crippen molar-refractivity contribution in [2.24, 2.45) is 0 Å². The van der Waals surface area contributed by atoms with Gasteiger partial charge in [-0.25, -0.2) is 4.79 Å². The first kappa shape index (κ1) is 21.8. The van der Waals surface area contributed by atoms with Gasteiger partial charge in [0.2, 0.25) is 0 Å². The maximum absolute atomic E-state index is 12.5. The van der Waals surface area contributed by atoms with E-state index in [0.717, 1.165) is 23.3 Å². The first-order valence-electron chi connectivity index (χ1n) is 8.92. The van der Waals surface area contributed by atoms with E-state index in [0.29, 0.717) is 18.7 Å². The molecule has 0 spiro atoms. The van der Waals surface area contributed by atoms with Gasteiger partial charge in [0.1, 0.15) is 0 Å². The number of benzene rings is 2. The van der Waals surface area contributed by atoms with E-state index in [4.69, 9.17) is 4.74 Å². The molecule has 0 radical (unpaired) electrons. The first-order valence-corrected chi connectivity index (χ1v) is 8.92. The van der Waals surface area contributed by atoms with Gasteiger partial charge in [-0.3, -0.25) is 0 Å². The molecule has 0 saturated carbocycles. The number of alkyl halides is 3. The van der Waals surface area contributed by atoms with Crippen LogP contribution in [0.4, 0.5) is 18.0 Å². The highest BCUT2D eigenvalue weighted by atomic mass is 19.4. The highest BCUT2D eigenvalue weighted by Gasteiger charge is 2.29. The Morgan fingerprint density at radius 3 is 2.04 bits per heavy atom. The average Bonchev–Trinajstić information content (AvgIpc) is 2.62. The molecule has 0 aliphatic carbocycles. The molecule has 2 amide bonds. The number of halogens is 3. The summed E-state index contributed by atoms with van der Waals surface area (Å²) >= 11 is 0. The molecule has 7 heteroatoms. The number of carbonyl (C=O) groups excluding carboxylic acids is 1. The lowest BCUT2D eigenvalue weighted by Gasteiger charge is -2.19. The molecule has 0 bridgehead atoms. The van der Waals surface area contributed by atoms with Crippen molar-refractivity contribution in [3.63, 3.8) is 0 Å². The fourth-order valence-electron chi connectivity index (χ4n) is 2.37. The van der Waals surface area contributed by atoms with Crippen LogP contribution in [0.2, 0.25) is 0 Å². The molecule has 2 aromatic carbocycles. The molecule has 0 aliphatic rings. The lowest BCUT2D eigenvalue weighted by molar-refractivity contribution is -0.137. The molecule has 152 valence electrons. The smallest absolute Gasteiger partial charge is 0.371 e. The van der Waals surface area contributed by atoms with Crippen LogP contribution in [0.15, 0.2) is 48.5 Å². The van der Waals surface area contributed by atoms with Gasteiger partial charge in [0.05, 0.1) is 17.8 Å². The third kappa shape index (κ3) is 7.60. The van der Waals surface area contributed by atoms with Crippen molar-refractivity contribution >= 4 is 6.03 Å². The SMILES string of the molecule is CC(C)(C)OCc1cccc(CNC(=O)NCc2ccc(C(F)(F)F)cc2)c1. The molecule has 0 aliphatic heterocycles. The Balaban J connectivity index is 1.79. The number of rotatable bonds is 6. The van der Waals surface area contributed by atoms with E-state index in [1.54, 1.807) is 0 Å². The fraction of sp³-hybridized carbons (Fsp3) is 0.381. The summed E-state index contributed by atoms with van der Waals surface area (Å²) in [6.45, 7) is 6.92. The molecular weight excluding hydrogens is 369 g/mol. The molecule has 0 aromatic heterocycles. The van der Waals surface area contributed by atoms with Gasteiger partial charge in [0, 0.05) is 13.1 Å². The van der Waals surface area contributed by atoms with Gasteiger partial charge in [-0.2, -0.15) is 13.2 Å². The third-order valence-electron chi connectivity index (χ3n) is 3.85. The normalized spacial score (nSPS) is 11.9. The van der Waals surface area contributed by atoms with Gasteiger partial charge in [-0.05, 0) is 49.6 Å². The van der Waals surface area contributed by atoms with Gasteiger partial charge in [-0.15, -0.1) is 0 Å². The second kappa shape index (κ2) is 9.10. The molecule has 2 rings (SSSR count). The van der Waals surface area contributed by atoms with Crippen LogP contribution < -0.4 is 10.6 Å². The van der Waals surface area contributed by atoms with Gasteiger partial charge < -0.3 is 15.4 Å². The van der Waals surface area contributed by atoms with Crippen molar-refractivity contribution in [2.45, 2.75) is 52.2 Å². The van der Waals surface area contributed by atoms with E-state index < -0.39 is 17.8 Å². The van der Waals surface area contributed by atoms with Crippen LogP contribution in [-0.4, -0.2) is 11.6 Å². The summed E-state index contributed by atoms with van der Waals surface area (Å²) in [5.41, 5.74) is 1.59. The summed E-state index contributed by atoms with van der Waals surface area (Å²) in [5, 5.41) is 5.36. The number of amides is 2. The van der Waals surface area contributed by atoms with Gasteiger partial charge >= 0.3 is 12.2 Å². The summed E-state index contributed by atoms with van der Waals surface area (Å²) in [4.78, 5) is 11.9. The average molecular weight is 394 g/mol. The van der Waals surface area contributed by atoms with Crippen molar-refractivity contribution in [3.8, 4) is 0 Å². The lowest BCUT2D eigenvalue weighted by atomic mass is 10.1. The largest absolute Gasteiger partial charge is 0.416 e.